The first-order valence-corrected chi connectivity index (χ1v) is 5.25. The summed E-state index contributed by atoms with van der Waals surface area (Å²) in [6, 6.07) is 5.16. The minimum Gasteiger partial charge on any atom is -0.491 e. The summed E-state index contributed by atoms with van der Waals surface area (Å²) in [6.45, 7) is 5.23. The van der Waals surface area contributed by atoms with E-state index in [0.717, 1.165) is 12.1 Å². The first-order chi connectivity index (χ1) is 7.19. The number of hydrogen-bond donors (Lipinski definition) is 1. The second-order valence-corrected chi connectivity index (χ2v) is 3.58. The van der Waals surface area contributed by atoms with E-state index in [-0.39, 0.29) is 5.82 Å². The molecule has 1 aromatic carbocycles. The molecule has 0 aliphatic rings. The lowest BCUT2D eigenvalue weighted by Gasteiger charge is -2.12. The molecular formula is C12H18FNO. The highest BCUT2D eigenvalue weighted by molar-refractivity contribution is 5.31. The standard InChI is InChI=1S/C12H18FNO/c1-4-15-12-6-5-10(7-11(12)13)9(2)8-14-3/h5-7,9,14H,4,8H2,1-3H3. The van der Waals surface area contributed by atoms with Crippen molar-refractivity contribution >= 4 is 0 Å². The van der Waals surface area contributed by atoms with E-state index in [9.17, 15) is 4.39 Å². The van der Waals surface area contributed by atoms with Crippen molar-refractivity contribution < 1.29 is 9.13 Å². The van der Waals surface area contributed by atoms with Gasteiger partial charge in [0.2, 0.25) is 0 Å². The van der Waals surface area contributed by atoms with Crippen molar-refractivity contribution in [1.82, 2.24) is 5.32 Å². The van der Waals surface area contributed by atoms with Crippen LogP contribution in [0.3, 0.4) is 0 Å². The van der Waals surface area contributed by atoms with Crippen LogP contribution in [0.4, 0.5) is 4.39 Å². The van der Waals surface area contributed by atoms with Crippen molar-refractivity contribution in [3.8, 4) is 5.75 Å². The molecule has 0 aliphatic carbocycles. The van der Waals surface area contributed by atoms with E-state index < -0.39 is 0 Å². The first-order valence-electron chi connectivity index (χ1n) is 5.25. The van der Waals surface area contributed by atoms with Gasteiger partial charge in [0.1, 0.15) is 0 Å². The molecule has 0 saturated heterocycles. The number of ether oxygens (including phenoxy) is 1. The number of rotatable bonds is 5. The van der Waals surface area contributed by atoms with Crippen LogP contribution in [-0.4, -0.2) is 20.2 Å². The maximum atomic E-state index is 13.5. The smallest absolute Gasteiger partial charge is 0.165 e. The molecule has 0 spiro atoms. The Morgan fingerprint density at radius 1 is 1.47 bits per heavy atom. The highest BCUT2D eigenvalue weighted by atomic mass is 19.1. The fourth-order valence-corrected chi connectivity index (χ4v) is 1.52. The van der Waals surface area contributed by atoms with Crippen LogP contribution in [-0.2, 0) is 0 Å². The third-order valence-corrected chi connectivity index (χ3v) is 2.34. The number of hydrogen-bond acceptors (Lipinski definition) is 2. The molecule has 0 heterocycles. The van der Waals surface area contributed by atoms with Gasteiger partial charge in [-0.05, 0) is 37.6 Å². The molecule has 1 atom stereocenters. The van der Waals surface area contributed by atoms with Gasteiger partial charge in [-0.2, -0.15) is 0 Å². The van der Waals surface area contributed by atoms with Crippen LogP contribution < -0.4 is 10.1 Å². The van der Waals surface area contributed by atoms with Crippen LogP contribution in [0.1, 0.15) is 25.3 Å². The van der Waals surface area contributed by atoms with E-state index in [0.29, 0.717) is 18.3 Å². The molecule has 0 radical (unpaired) electrons. The van der Waals surface area contributed by atoms with E-state index >= 15 is 0 Å². The summed E-state index contributed by atoms with van der Waals surface area (Å²) in [5.41, 5.74) is 0.991. The van der Waals surface area contributed by atoms with E-state index in [2.05, 4.69) is 12.2 Å². The minimum atomic E-state index is -0.280. The minimum absolute atomic E-state index is 0.280. The van der Waals surface area contributed by atoms with Crippen LogP contribution in [0.25, 0.3) is 0 Å². The van der Waals surface area contributed by atoms with Gasteiger partial charge in [-0.25, -0.2) is 4.39 Å². The summed E-state index contributed by atoms with van der Waals surface area (Å²) < 4.78 is 18.6. The van der Waals surface area contributed by atoms with Crippen molar-refractivity contribution in [2.75, 3.05) is 20.2 Å². The average molecular weight is 211 g/mol. The monoisotopic (exact) mass is 211 g/mol. The molecule has 0 bridgehead atoms. The van der Waals surface area contributed by atoms with Gasteiger partial charge >= 0.3 is 0 Å². The molecule has 2 nitrogen and oxygen atoms in total. The second kappa shape index (κ2) is 5.71. The molecule has 0 aromatic heterocycles. The number of nitrogens with one attached hydrogen (secondary N) is 1. The Bertz CT molecular complexity index is 314. The fraction of sp³-hybridized carbons (Fsp3) is 0.500. The zero-order valence-electron chi connectivity index (χ0n) is 9.51. The summed E-state index contributed by atoms with van der Waals surface area (Å²) in [5.74, 6) is 0.357. The molecule has 1 N–H and O–H groups in total. The molecule has 0 saturated carbocycles. The lowest BCUT2D eigenvalue weighted by atomic mass is 10.0. The zero-order valence-corrected chi connectivity index (χ0v) is 9.51. The van der Waals surface area contributed by atoms with Gasteiger partial charge in [-0.1, -0.05) is 13.0 Å². The van der Waals surface area contributed by atoms with Gasteiger partial charge in [0, 0.05) is 6.54 Å². The van der Waals surface area contributed by atoms with E-state index in [1.807, 2.05) is 20.0 Å². The van der Waals surface area contributed by atoms with Gasteiger partial charge in [0.15, 0.2) is 11.6 Å². The summed E-state index contributed by atoms with van der Waals surface area (Å²) in [4.78, 5) is 0. The van der Waals surface area contributed by atoms with Gasteiger partial charge in [0.25, 0.3) is 0 Å². The number of halogens is 1. The quantitative estimate of drug-likeness (QED) is 0.808. The van der Waals surface area contributed by atoms with Crippen LogP contribution in [0.5, 0.6) is 5.75 Å². The van der Waals surface area contributed by atoms with Crippen LogP contribution in [0.2, 0.25) is 0 Å². The molecule has 0 aliphatic heterocycles. The largest absolute Gasteiger partial charge is 0.491 e. The fourth-order valence-electron chi connectivity index (χ4n) is 1.52. The van der Waals surface area contributed by atoms with Gasteiger partial charge in [-0.15, -0.1) is 0 Å². The van der Waals surface area contributed by atoms with Crippen LogP contribution in [0, 0.1) is 5.82 Å². The molecular weight excluding hydrogens is 193 g/mol. The van der Waals surface area contributed by atoms with Crippen LogP contribution in [0.15, 0.2) is 18.2 Å². The van der Waals surface area contributed by atoms with Crippen molar-refractivity contribution in [3.63, 3.8) is 0 Å². The maximum Gasteiger partial charge on any atom is 0.165 e. The Labute approximate surface area is 90.4 Å². The molecule has 15 heavy (non-hydrogen) atoms. The molecule has 0 fully saturated rings. The zero-order chi connectivity index (χ0) is 11.3. The number of likely N-dealkylation sites (N-methyl/N-ethyl adjacent to an activating group) is 1. The molecule has 0 amide bonds. The van der Waals surface area contributed by atoms with E-state index in [1.165, 1.54) is 0 Å². The van der Waals surface area contributed by atoms with Gasteiger partial charge < -0.3 is 10.1 Å². The third kappa shape index (κ3) is 3.20. The highest BCUT2D eigenvalue weighted by Crippen LogP contribution is 2.22. The Hall–Kier alpha value is -1.09. The summed E-state index contributed by atoms with van der Waals surface area (Å²) in [7, 11) is 1.89. The summed E-state index contributed by atoms with van der Waals surface area (Å²) >= 11 is 0. The van der Waals surface area contributed by atoms with Gasteiger partial charge in [0.05, 0.1) is 6.61 Å². The Morgan fingerprint density at radius 2 is 2.20 bits per heavy atom. The molecule has 3 heteroatoms. The van der Waals surface area contributed by atoms with Crippen molar-refractivity contribution in [2.24, 2.45) is 0 Å². The topological polar surface area (TPSA) is 21.3 Å². The van der Waals surface area contributed by atoms with Crippen molar-refractivity contribution in [2.45, 2.75) is 19.8 Å². The SMILES string of the molecule is CCOc1ccc(C(C)CNC)cc1F. The average Bonchev–Trinajstić information content (AvgIpc) is 2.21. The maximum absolute atomic E-state index is 13.5. The normalized spacial score (nSPS) is 12.5. The van der Waals surface area contributed by atoms with Crippen molar-refractivity contribution in [1.29, 1.82) is 0 Å². The van der Waals surface area contributed by atoms with E-state index in [1.54, 1.807) is 12.1 Å². The third-order valence-electron chi connectivity index (χ3n) is 2.34. The summed E-state index contributed by atoms with van der Waals surface area (Å²) in [5, 5.41) is 3.07. The van der Waals surface area contributed by atoms with Crippen LogP contribution >= 0.6 is 0 Å². The Kier molecular flexibility index (Phi) is 4.56. The molecule has 1 aromatic rings. The Morgan fingerprint density at radius 3 is 2.73 bits per heavy atom. The predicted octanol–water partition coefficient (Wildman–Crippen LogP) is 2.55. The summed E-state index contributed by atoms with van der Waals surface area (Å²) in [6.07, 6.45) is 0. The Balaban J connectivity index is 2.81. The number of benzene rings is 1. The first kappa shape index (κ1) is 12.0. The predicted molar refractivity (Wildman–Crippen MR) is 59.9 cm³/mol. The lowest BCUT2D eigenvalue weighted by Crippen LogP contribution is -2.14. The van der Waals surface area contributed by atoms with Gasteiger partial charge in [-0.3, -0.25) is 0 Å². The molecule has 1 unspecified atom stereocenters. The van der Waals surface area contributed by atoms with E-state index in [4.69, 9.17) is 4.74 Å². The second-order valence-electron chi connectivity index (χ2n) is 3.58. The van der Waals surface area contributed by atoms with Crippen molar-refractivity contribution in [3.05, 3.63) is 29.6 Å². The highest BCUT2D eigenvalue weighted by Gasteiger charge is 2.08. The molecule has 84 valence electrons. The lowest BCUT2D eigenvalue weighted by molar-refractivity contribution is 0.321. The molecule has 1 rings (SSSR count).